The van der Waals surface area contributed by atoms with Crippen LogP contribution in [0.5, 0.6) is 11.5 Å². The first-order chi connectivity index (χ1) is 23.8. The molecule has 0 saturated carbocycles. The fourth-order valence-corrected chi connectivity index (χ4v) is 7.72. The van der Waals surface area contributed by atoms with Gasteiger partial charge in [0.2, 0.25) is 6.10 Å². The van der Waals surface area contributed by atoms with Crippen LogP contribution in [0.3, 0.4) is 0 Å². The number of likely N-dealkylation sites (tertiary alicyclic amines) is 1. The Bertz CT molecular complexity index is 1680. The van der Waals surface area contributed by atoms with Gasteiger partial charge in [-0.25, -0.2) is 9.59 Å². The molecule has 0 aromatic heterocycles. The highest BCUT2D eigenvalue weighted by Crippen LogP contribution is 2.65. The van der Waals surface area contributed by atoms with Crippen molar-refractivity contribution in [2.75, 3.05) is 20.2 Å². The fraction of sp³-hybridized carbons (Fsp3) is 0.526. The first-order valence-corrected chi connectivity index (χ1v) is 17.3. The lowest BCUT2D eigenvalue weighted by Crippen LogP contribution is -2.74. The molecule has 268 valence electrons. The summed E-state index contributed by atoms with van der Waals surface area (Å²) < 4.78 is 34.3. The molecule has 0 amide bonds. The number of hydrogen-bond donors (Lipinski definition) is 1. The van der Waals surface area contributed by atoms with E-state index in [-0.39, 0.29) is 43.4 Å². The summed E-state index contributed by atoms with van der Waals surface area (Å²) in [4.78, 5) is 53.9. The predicted octanol–water partition coefficient (Wildman–Crippen LogP) is 5.23. The molecule has 2 aliphatic heterocycles. The fourth-order valence-electron chi connectivity index (χ4n) is 7.72. The molecule has 1 saturated heterocycles. The van der Waals surface area contributed by atoms with Crippen LogP contribution >= 0.6 is 0 Å². The Morgan fingerprint density at radius 3 is 2.50 bits per heavy atom. The van der Waals surface area contributed by atoms with Crippen molar-refractivity contribution in [1.29, 1.82) is 0 Å². The Labute approximate surface area is 291 Å². The Balaban J connectivity index is 1.19. The maximum Gasteiger partial charge on any atom is 0.514 e. The van der Waals surface area contributed by atoms with Crippen molar-refractivity contribution in [1.82, 2.24) is 4.90 Å². The molecule has 1 spiro atoms. The van der Waals surface area contributed by atoms with E-state index in [9.17, 15) is 24.3 Å². The zero-order chi connectivity index (χ0) is 35.8. The van der Waals surface area contributed by atoms with E-state index in [1.54, 1.807) is 63.2 Å². The van der Waals surface area contributed by atoms with Gasteiger partial charge in [0.05, 0.1) is 30.5 Å². The van der Waals surface area contributed by atoms with Crippen LogP contribution in [-0.4, -0.2) is 77.6 Å². The van der Waals surface area contributed by atoms with Crippen molar-refractivity contribution in [3.05, 3.63) is 71.0 Å². The summed E-state index contributed by atoms with van der Waals surface area (Å²) in [5, 5.41) is 12.5. The maximum atomic E-state index is 13.3. The summed E-state index contributed by atoms with van der Waals surface area (Å²) in [7, 11) is 1.98. The van der Waals surface area contributed by atoms with Gasteiger partial charge in [0, 0.05) is 23.6 Å². The third kappa shape index (κ3) is 6.46. The van der Waals surface area contributed by atoms with Crippen LogP contribution in [0.15, 0.2) is 54.3 Å². The van der Waals surface area contributed by atoms with Gasteiger partial charge in [-0.3, -0.25) is 9.59 Å². The number of likely N-dealkylation sites (N-methyl/N-ethyl adjacent to an activating group) is 1. The lowest BCUT2D eigenvalue weighted by molar-refractivity contribution is -0.171. The summed E-state index contributed by atoms with van der Waals surface area (Å²) in [5.41, 5.74) is -0.858. The van der Waals surface area contributed by atoms with Gasteiger partial charge in [-0.1, -0.05) is 49.7 Å². The number of carbonyl (C=O) groups is 4. The van der Waals surface area contributed by atoms with Crippen molar-refractivity contribution < 1.29 is 52.7 Å². The summed E-state index contributed by atoms with van der Waals surface area (Å²) in [5.74, 6) is -1.48. The van der Waals surface area contributed by atoms with Crippen molar-refractivity contribution in [3.63, 3.8) is 0 Å². The summed E-state index contributed by atoms with van der Waals surface area (Å²) >= 11 is 0. The molecule has 4 aliphatic rings. The molecule has 12 nitrogen and oxygen atoms in total. The molecule has 2 aromatic carbocycles. The number of ether oxygens (including phenoxy) is 6. The van der Waals surface area contributed by atoms with Crippen LogP contribution in [0.2, 0.25) is 0 Å². The first kappa shape index (κ1) is 35.4. The summed E-state index contributed by atoms with van der Waals surface area (Å²) in [6.45, 7) is 8.03. The van der Waals surface area contributed by atoms with Crippen LogP contribution < -0.4 is 9.47 Å². The van der Waals surface area contributed by atoms with Crippen molar-refractivity contribution in [2.45, 2.75) is 108 Å². The Kier molecular flexibility index (Phi) is 9.71. The molecule has 0 radical (unpaired) electrons. The minimum Gasteiger partial charge on any atom is -0.477 e. The molecule has 1 fully saturated rings. The van der Waals surface area contributed by atoms with Crippen molar-refractivity contribution in [2.24, 2.45) is 0 Å². The average molecular weight is 692 g/mol. The van der Waals surface area contributed by atoms with E-state index in [2.05, 4.69) is 4.90 Å². The molecule has 0 unspecified atom stereocenters. The largest absolute Gasteiger partial charge is 0.514 e. The predicted molar refractivity (Wildman–Crippen MR) is 178 cm³/mol. The number of aliphatic hydroxyl groups is 1. The highest BCUT2D eigenvalue weighted by atomic mass is 16.7. The third-order valence-electron chi connectivity index (χ3n) is 9.99. The monoisotopic (exact) mass is 691 g/mol. The van der Waals surface area contributed by atoms with E-state index in [0.29, 0.717) is 37.1 Å². The highest BCUT2D eigenvalue weighted by Gasteiger charge is 2.72. The van der Waals surface area contributed by atoms with Crippen LogP contribution in [0, 0.1) is 0 Å². The molecule has 12 heteroatoms. The second-order valence-corrected chi connectivity index (χ2v) is 14.4. The lowest BCUT2D eigenvalue weighted by Gasteiger charge is -2.61. The Hall–Kier alpha value is -4.42. The van der Waals surface area contributed by atoms with Crippen LogP contribution in [0.4, 0.5) is 4.79 Å². The molecule has 1 N–H and O–H groups in total. The van der Waals surface area contributed by atoms with Gasteiger partial charge in [-0.2, -0.15) is 0 Å². The van der Waals surface area contributed by atoms with E-state index < -0.39 is 52.9 Å². The maximum absolute atomic E-state index is 13.3. The van der Waals surface area contributed by atoms with Crippen molar-refractivity contribution in [3.8, 4) is 11.5 Å². The number of hydrogen-bond acceptors (Lipinski definition) is 12. The van der Waals surface area contributed by atoms with Gasteiger partial charge in [0.1, 0.15) is 11.4 Å². The molecule has 2 aromatic rings. The smallest absolute Gasteiger partial charge is 0.477 e. The molecule has 50 heavy (non-hydrogen) atoms. The number of carbonyl (C=O) groups excluding carboxylic acids is 4. The van der Waals surface area contributed by atoms with E-state index in [4.69, 9.17) is 28.4 Å². The van der Waals surface area contributed by atoms with Crippen LogP contribution in [-0.2, 0) is 45.2 Å². The first-order valence-electron chi connectivity index (χ1n) is 17.3. The SMILES string of the molecule is CCCCOC(=O)[C@@H](OC(=O)CCC(=O)OC1=CC[C@@]2(O)[C@H]3Cc4ccc(OC(=O)OC(C)(C)C)c5c4[C@@]2(CCN3C)[C@H]1O5)c1ccccc1. The van der Waals surface area contributed by atoms with Gasteiger partial charge >= 0.3 is 24.1 Å². The number of rotatable bonds is 11. The van der Waals surface area contributed by atoms with Gasteiger partial charge in [0.25, 0.3) is 0 Å². The van der Waals surface area contributed by atoms with Gasteiger partial charge in [-0.15, -0.1) is 0 Å². The number of piperidine rings is 1. The second-order valence-electron chi connectivity index (χ2n) is 14.4. The zero-order valence-corrected chi connectivity index (χ0v) is 29.2. The normalized spacial score (nSPS) is 25.3. The van der Waals surface area contributed by atoms with Gasteiger partial charge in [-0.05, 0) is 71.3 Å². The van der Waals surface area contributed by atoms with Crippen molar-refractivity contribution >= 4 is 24.1 Å². The zero-order valence-electron chi connectivity index (χ0n) is 29.2. The van der Waals surface area contributed by atoms with Crippen LogP contribution in [0.25, 0.3) is 0 Å². The van der Waals surface area contributed by atoms with E-state index in [0.717, 1.165) is 17.5 Å². The van der Waals surface area contributed by atoms with E-state index in [1.165, 1.54) is 0 Å². The molecule has 2 bridgehead atoms. The van der Waals surface area contributed by atoms with Gasteiger partial charge in [0.15, 0.2) is 17.6 Å². The molecule has 2 heterocycles. The molecule has 5 atom stereocenters. The standard InChI is InChI=1S/C38H45NO11/c1-6-7-21-45-34(42)31(23-11-9-8-10-12-23)48-29(41)16-15-28(40)46-26-17-18-38(44)27-22-24-13-14-25(47-35(43)50-36(2,3)4)32-30(24)37(38,33(26)49-32)19-20-39(27)5/h8-14,17,27,31,33,44H,6-7,15-16,18-22H2,1-5H3/t27-,31+,33+,37+,38-/m1/s1. The van der Waals surface area contributed by atoms with Crippen LogP contribution in [0.1, 0.15) is 89.0 Å². The average Bonchev–Trinajstić information content (AvgIpc) is 3.42. The van der Waals surface area contributed by atoms with Gasteiger partial charge < -0.3 is 38.4 Å². The number of benzene rings is 2. The molecular weight excluding hydrogens is 646 g/mol. The number of unbranched alkanes of at least 4 members (excludes halogenated alkanes) is 1. The second kappa shape index (κ2) is 13.7. The lowest BCUT2D eigenvalue weighted by atomic mass is 9.50. The highest BCUT2D eigenvalue weighted by molar-refractivity contribution is 5.83. The Morgan fingerprint density at radius 2 is 1.78 bits per heavy atom. The molecule has 6 rings (SSSR count). The number of nitrogens with zero attached hydrogens (tertiary/aromatic N) is 1. The molecule has 2 aliphatic carbocycles. The third-order valence-corrected chi connectivity index (χ3v) is 9.99. The summed E-state index contributed by atoms with van der Waals surface area (Å²) in [6.07, 6.45) is 0.695. The van der Waals surface area contributed by atoms with E-state index >= 15 is 0 Å². The quantitative estimate of drug-likeness (QED) is 0.142. The molecular formula is C38H45NO11. The minimum absolute atomic E-state index is 0.149. The van der Waals surface area contributed by atoms with E-state index in [1.807, 2.05) is 20.0 Å². The Morgan fingerprint density at radius 1 is 1.04 bits per heavy atom. The number of esters is 3. The topological polar surface area (TPSA) is 147 Å². The minimum atomic E-state index is -1.27. The summed E-state index contributed by atoms with van der Waals surface area (Å²) in [6, 6.07) is 11.9.